The number of halogens is 7. The van der Waals surface area contributed by atoms with Gasteiger partial charge in [0.15, 0.2) is 0 Å². The fraction of sp³-hybridized carbons (Fsp3) is 0.300. The molecule has 2 rings (SSSR count). The summed E-state index contributed by atoms with van der Waals surface area (Å²) in [5, 5.41) is 3.60. The molecule has 0 aromatic carbocycles. The van der Waals surface area contributed by atoms with Gasteiger partial charge in [-0.2, -0.15) is 27.1 Å². The average Bonchev–Trinajstić information content (AvgIpc) is 2.80. The van der Waals surface area contributed by atoms with E-state index in [4.69, 9.17) is 23.2 Å². The predicted octanol–water partition coefficient (Wildman–Crippen LogP) is 5.20. The van der Waals surface area contributed by atoms with Crippen LogP contribution >= 0.6 is 34.5 Å². The molecule has 0 saturated heterocycles. The molecule has 0 unspecified atom stereocenters. The largest absolute Gasteiger partial charge is 0.459 e. The molecule has 0 bridgehead atoms. The summed E-state index contributed by atoms with van der Waals surface area (Å²) in [6, 6.07) is 2.02. The molecule has 2 aromatic heterocycles. The third-order valence-electron chi connectivity index (χ3n) is 2.40. The Balaban J connectivity index is 2.53. The Morgan fingerprint density at radius 2 is 1.75 bits per heavy atom. The van der Waals surface area contributed by atoms with E-state index in [0.717, 1.165) is 16.0 Å². The average molecular weight is 351 g/mol. The second kappa shape index (κ2) is 4.85. The Hall–Kier alpha value is -0.860. The van der Waals surface area contributed by atoms with Gasteiger partial charge in [0.1, 0.15) is 10.7 Å². The minimum absolute atomic E-state index is 0.0874. The van der Waals surface area contributed by atoms with Crippen molar-refractivity contribution >= 4 is 34.5 Å². The molecular formula is C10H5Cl2F5N2S. The van der Waals surface area contributed by atoms with Crippen molar-refractivity contribution in [1.29, 1.82) is 0 Å². The van der Waals surface area contributed by atoms with Crippen LogP contribution in [0.15, 0.2) is 12.1 Å². The van der Waals surface area contributed by atoms with E-state index in [1.807, 2.05) is 0 Å². The van der Waals surface area contributed by atoms with Crippen LogP contribution in [0.1, 0.15) is 11.4 Å². The topological polar surface area (TPSA) is 17.8 Å². The molecule has 110 valence electrons. The van der Waals surface area contributed by atoms with E-state index in [1.54, 1.807) is 0 Å². The Bertz CT molecular complexity index is 647. The number of thiophene rings is 1. The Morgan fingerprint density at radius 3 is 2.20 bits per heavy atom. The number of alkyl halides is 5. The number of nitrogens with zero attached hydrogens (tertiary/aromatic N) is 2. The number of hydrogen-bond acceptors (Lipinski definition) is 2. The lowest BCUT2D eigenvalue weighted by Crippen LogP contribution is -2.34. The van der Waals surface area contributed by atoms with Gasteiger partial charge in [-0.3, -0.25) is 0 Å². The van der Waals surface area contributed by atoms with Gasteiger partial charge in [-0.25, -0.2) is 4.68 Å². The van der Waals surface area contributed by atoms with Crippen molar-refractivity contribution in [3.63, 3.8) is 0 Å². The summed E-state index contributed by atoms with van der Waals surface area (Å²) >= 11 is 12.4. The highest BCUT2D eigenvalue weighted by Crippen LogP contribution is 2.44. The van der Waals surface area contributed by atoms with Crippen LogP contribution in [0.25, 0.3) is 5.00 Å². The Labute approximate surface area is 123 Å². The summed E-state index contributed by atoms with van der Waals surface area (Å²) in [6.07, 6.45) is -5.71. The SMILES string of the molecule is Cc1cc(C(F)(F)C(F)(F)F)nn1-c1sc(Cl)cc1Cl. The second-order valence-corrected chi connectivity index (χ2v) is 5.93. The van der Waals surface area contributed by atoms with E-state index in [9.17, 15) is 22.0 Å². The smallest absolute Gasteiger partial charge is 0.226 e. The van der Waals surface area contributed by atoms with Crippen molar-refractivity contribution in [3.8, 4) is 5.00 Å². The van der Waals surface area contributed by atoms with E-state index in [-0.39, 0.29) is 20.1 Å². The van der Waals surface area contributed by atoms with Crippen LogP contribution in [0.5, 0.6) is 0 Å². The molecular weight excluding hydrogens is 346 g/mol. The predicted molar refractivity (Wildman–Crippen MR) is 66.1 cm³/mol. The van der Waals surface area contributed by atoms with Crippen molar-refractivity contribution in [2.45, 2.75) is 19.0 Å². The van der Waals surface area contributed by atoms with E-state index >= 15 is 0 Å². The minimum atomic E-state index is -5.71. The molecule has 0 radical (unpaired) electrons. The standard InChI is InChI=1S/C10H5Cl2F5N2S/c1-4-2-6(9(13,14)10(15,16)17)18-19(4)8-5(11)3-7(12)20-8/h2-3H,1H3. The van der Waals surface area contributed by atoms with Gasteiger partial charge < -0.3 is 0 Å². The number of aromatic nitrogens is 2. The first-order valence-electron chi connectivity index (χ1n) is 5.01. The maximum atomic E-state index is 13.2. The molecule has 0 aliphatic carbocycles. The molecule has 2 aromatic rings. The van der Waals surface area contributed by atoms with Crippen LogP contribution in [0.4, 0.5) is 22.0 Å². The Kier molecular flexibility index (Phi) is 3.77. The monoisotopic (exact) mass is 350 g/mol. The second-order valence-electron chi connectivity index (χ2n) is 3.86. The molecule has 20 heavy (non-hydrogen) atoms. The van der Waals surface area contributed by atoms with E-state index in [1.165, 1.54) is 13.0 Å². The van der Waals surface area contributed by atoms with Crippen LogP contribution in [-0.4, -0.2) is 16.0 Å². The summed E-state index contributed by atoms with van der Waals surface area (Å²) in [5.41, 5.74) is -1.30. The van der Waals surface area contributed by atoms with Gasteiger partial charge in [-0.1, -0.05) is 23.2 Å². The van der Waals surface area contributed by atoms with Gasteiger partial charge in [0.05, 0.1) is 9.36 Å². The summed E-state index contributed by atoms with van der Waals surface area (Å²) in [5.74, 6) is -5.03. The molecule has 0 aliphatic heterocycles. The minimum Gasteiger partial charge on any atom is -0.226 e. The summed E-state index contributed by atoms with van der Waals surface area (Å²) < 4.78 is 64.5. The summed E-state index contributed by atoms with van der Waals surface area (Å²) in [7, 11) is 0. The van der Waals surface area contributed by atoms with E-state index in [2.05, 4.69) is 5.10 Å². The lowest BCUT2D eigenvalue weighted by atomic mass is 10.2. The summed E-state index contributed by atoms with van der Waals surface area (Å²) in [4.78, 5) is 0. The van der Waals surface area contributed by atoms with Crippen LogP contribution in [0.3, 0.4) is 0 Å². The highest BCUT2D eigenvalue weighted by atomic mass is 35.5. The van der Waals surface area contributed by atoms with Gasteiger partial charge >= 0.3 is 12.1 Å². The van der Waals surface area contributed by atoms with Crippen molar-refractivity contribution in [1.82, 2.24) is 9.78 Å². The zero-order valence-electron chi connectivity index (χ0n) is 9.60. The van der Waals surface area contributed by atoms with Crippen LogP contribution in [0.2, 0.25) is 9.36 Å². The number of aryl methyl sites for hydroxylation is 1. The Morgan fingerprint density at radius 1 is 1.15 bits per heavy atom. The lowest BCUT2D eigenvalue weighted by Gasteiger charge is -2.16. The highest BCUT2D eigenvalue weighted by molar-refractivity contribution is 7.19. The molecule has 2 nitrogen and oxygen atoms in total. The van der Waals surface area contributed by atoms with Crippen LogP contribution < -0.4 is 0 Å². The molecule has 0 amide bonds. The highest BCUT2D eigenvalue weighted by Gasteiger charge is 2.60. The maximum Gasteiger partial charge on any atom is 0.459 e. The molecule has 2 heterocycles. The lowest BCUT2D eigenvalue weighted by molar-refractivity contribution is -0.291. The van der Waals surface area contributed by atoms with Crippen molar-refractivity contribution in [3.05, 3.63) is 32.9 Å². The fourth-order valence-electron chi connectivity index (χ4n) is 1.46. The van der Waals surface area contributed by atoms with Crippen LogP contribution in [0, 0.1) is 6.92 Å². The van der Waals surface area contributed by atoms with Gasteiger partial charge in [-0.15, -0.1) is 11.3 Å². The van der Waals surface area contributed by atoms with Crippen molar-refractivity contribution in [2.75, 3.05) is 0 Å². The van der Waals surface area contributed by atoms with Gasteiger partial charge in [0, 0.05) is 5.69 Å². The van der Waals surface area contributed by atoms with E-state index < -0.39 is 17.8 Å². The summed E-state index contributed by atoms with van der Waals surface area (Å²) in [6.45, 7) is 1.34. The molecule has 0 spiro atoms. The molecule has 0 atom stereocenters. The van der Waals surface area contributed by atoms with Crippen LogP contribution in [-0.2, 0) is 5.92 Å². The van der Waals surface area contributed by atoms with E-state index in [0.29, 0.717) is 6.07 Å². The number of hydrogen-bond donors (Lipinski definition) is 0. The molecule has 0 aliphatic rings. The van der Waals surface area contributed by atoms with Gasteiger partial charge in [0.2, 0.25) is 0 Å². The first kappa shape index (κ1) is 15.5. The normalized spacial score (nSPS) is 13.0. The fourth-order valence-corrected chi connectivity index (χ4v) is 3.00. The van der Waals surface area contributed by atoms with Gasteiger partial charge in [0.25, 0.3) is 0 Å². The quantitative estimate of drug-likeness (QED) is 0.680. The number of rotatable bonds is 2. The van der Waals surface area contributed by atoms with Crippen molar-refractivity contribution in [2.24, 2.45) is 0 Å². The molecule has 10 heteroatoms. The van der Waals surface area contributed by atoms with Gasteiger partial charge in [-0.05, 0) is 19.1 Å². The molecule has 0 saturated carbocycles. The first-order valence-corrected chi connectivity index (χ1v) is 6.58. The maximum absolute atomic E-state index is 13.2. The molecule has 0 N–H and O–H groups in total. The third-order valence-corrected chi connectivity index (χ3v) is 4.04. The zero-order valence-corrected chi connectivity index (χ0v) is 11.9. The van der Waals surface area contributed by atoms with Crippen molar-refractivity contribution < 1.29 is 22.0 Å². The first-order chi connectivity index (χ1) is 9.04. The molecule has 0 fully saturated rings. The zero-order chi connectivity index (χ0) is 15.3. The third kappa shape index (κ3) is 2.51.